The standard InChI is InChI=1S/C19H17FN4O/c1-10-4-2-3-5-12(10)16-6-11-7-17(22-9-14(11)18(21)23-16)24-19(25)13-8-15(13)20/h2-7,9,13,15H,8H2,1H3,(H2,21,23)(H,22,24,25)/t13-,15-/m0/s1. The van der Waals surface area contributed by atoms with Gasteiger partial charge in [0.15, 0.2) is 0 Å². The zero-order valence-corrected chi connectivity index (χ0v) is 13.7. The Morgan fingerprint density at radius 2 is 2.08 bits per heavy atom. The van der Waals surface area contributed by atoms with Gasteiger partial charge in [-0.25, -0.2) is 14.4 Å². The van der Waals surface area contributed by atoms with E-state index in [2.05, 4.69) is 15.3 Å². The molecule has 0 unspecified atom stereocenters. The molecule has 25 heavy (non-hydrogen) atoms. The van der Waals surface area contributed by atoms with E-state index >= 15 is 0 Å². The molecule has 1 aliphatic rings. The fourth-order valence-electron chi connectivity index (χ4n) is 2.89. The van der Waals surface area contributed by atoms with Crippen LogP contribution in [0.1, 0.15) is 12.0 Å². The molecule has 0 saturated heterocycles. The number of nitrogens with zero attached hydrogens (tertiary/aromatic N) is 2. The highest BCUT2D eigenvalue weighted by atomic mass is 19.1. The number of halogens is 1. The highest BCUT2D eigenvalue weighted by molar-refractivity contribution is 5.98. The summed E-state index contributed by atoms with van der Waals surface area (Å²) in [7, 11) is 0. The van der Waals surface area contributed by atoms with E-state index in [9.17, 15) is 9.18 Å². The molecule has 3 N–H and O–H groups in total. The number of pyridine rings is 2. The maximum absolute atomic E-state index is 13.0. The molecule has 126 valence electrons. The lowest BCUT2D eigenvalue weighted by Crippen LogP contribution is -2.15. The molecule has 1 fully saturated rings. The Labute approximate surface area is 144 Å². The first-order valence-electron chi connectivity index (χ1n) is 8.10. The Bertz CT molecular complexity index is 988. The summed E-state index contributed by atoms with van der Waals surface area (Å²) in [5.74, 6) is -0.117. The predicted molar refractivity (Wildman–Crippen MR) is 95.8 cm³/mol. The van der Waals surface area contributed by atoms with E-state index in [1.807, 2.05) is 37.3 Å². The zero-order valence-electron chi connectivity index (χ0n) is 13.7. The number of carbonyl (C=O) groups is 1. The van der Waals surface area contributed by atoms with E-state index in [-0.39, 0.29) is 12.3 Å². The van der Waals surface area contributed by atoms with Gasteiger partial charge in [-0.05, 0) is 36.4 Å². The first kappa shape index (κ1) is 15.5. The maximum atomic E-state index is 13.0. The number of aromatic nitrogens is 2. The molecule has 1 saturated carbocycles. The fraction of sp³-hybridized carbons (Fsp3) is 0.211. The summed E-state index contributed by atoms with van der Waals surface area (Å²) >= 11 is 0. The van der Waals surface area contributed by atoms with Crippen LogP contribution in [0.25, 0.3) is 22.0 Å². The molecule has 0 radical (unpaired) electrons. The van der Waals surface area contributed by atoms with Crippen molar-refractivity contribution in [2.24, 2.45) is 5.92 Å². The van der Waals surface area contributed by atoms with Gasteiger partial charge in [-0.15, -0.1) is 0 Å². The molecule has 2 heterocycles. The highest BCUT2D eigenvalue weighted by Crippen LogP contribution is 2.35. The number of carbonyl (C=O) groups excluding carboxylic acids is 1. The van der Waals surface area contributed by atoms with Crippen molar-refractivity contribution in [2.45, 2.75) is 19.5 Å². The smallest absolute Gasteiger partial charge is 0.231 e. The Hall–Kier alpha value is -3.02. The second-order valence-corrected chi connectivity index (χ2v) is 6.35. The molecule has 3 aromatic rings. The number of nitrogens with two attached hydrogens (primary N) is 1. The van der Waals surface area contributed by atoms with Crippen LogP contribution in [0.3, 0.4) is 0 Å². The molecule has 2 atom stereocenters. The van der Waals surface area contributed by atoms with Crippen LogP contribution in [0.15, 0.2) is 42.6 Å². The molecule has 4 rings (SSSR count). The van der Waals surface area contributed by atoms with Crippen LogP contribution in [-0.4, -0.2) is 22.0 Å². The average Bonchev–Trinajstić information content (AvgIpc) is 3.32. The number of anilines is 2. The lowest BCUT2D eigenvalue weighted by molar-refractivity contribution is -0.117. The van der Waals surface area contributed by atoms with Gasteiger partial charge in [-0.3, -0.25) is 4.79 Å². The molecule has 1 aliphatic carbocycles. The maximum Gasteiger partial charge on any atom is 0.231 e. The first-order valence-corrected chi connectivity index (χ1v) is 8.10. The third-order valence-corrected chi connectivity index (χ3v) is 4.47. The van der Waals surface area contributed by atoms with Gasteiger partial charge in [0.2, 0.25) is 5.91 Å². The van der Waals surface area contributed by atoms with Crippen molar-refractivity contribution in [3.8, 4) is 11.3 Å². The summed E-state index contributed by atoms with van der Waals surface area (Å²) in [5, 5.41) is 4.20. The van der Waals surface area contributed by atoms with Gasteiger partial charge in [0.05, 0.1) is 11.6 Å². The van der Waals surface area contributed by atoms with Gasteiger partial charge >= 0.3 is 0 Å². The predicted octanol–water partition coefficient (Wildman–Crippen LogP) is 3.48. The summed E-state index contributed by atoms with van der Waals surface area (Å²) in [4.78, 5) is 20.6. The third-order valence-electron chi connectivity index (χ3n) is 4.47. The Morgan fingerprint density at radius 1 is 1.32 bits per heavy atom. The van der Waals surface area contributed by atoms with Crippen molar-refractivity contribution in [1.82, 2.24) is 9.97 Å². The third kappa shape index (κ3) is 2.91. The molecule has 0 aliphatic heterocycles. The van der Waals surface area contributed by atoms with Crippen LogP contribution in [0.4, 0.5) is 16.0 Å². The number of nitrogens with one attached hydrogen (secondary N) is 1. The van der Waals surface area contributed by atoms with Gasteiger partial charge in [0.1, 0.15) is 17.8 Å². The Morgan fingerprint density at radius 3 is 2.80 bits per heavy atom. The summed E-state index contributed by atoms with van der Waals surface area (Å²) in [6.07, 6.45) is 0.829. The summed E-state index contributed by atoms with van der Waals surface area (Å²) in [6.45, 7) is 2.01. The number of benzene rings is 1. The van der Waals surface area contributed by atoms with Crippen LogP contribution in [0.2, 0.25) is 0 Å². The molecule has 1 aromatic carbocycles. The van der Waals surface area contributed by atoms with Gasteiger partial charge in [-0.2, -0.15) is 0 Å². The van der Waals surface area contributed by atoms with Crippen LogP contribution >= 0.6 is 0 Å². The quantitative estimate of drug-likeness (QED) is 0.767. The monoisotopic (exact) mass is 336 g/mol. The Kier molecular flexibility index (Phi) is 3.60. The van der Waals surface area contributed by atoms with Crippen molar-refractivity contribution in [3.05, 3.63) is 48.2 Å². The van der Waals surface area contributed by atoms with Crippen molar-refractivity contribution in [1.29, 1.82) is 0 Å². The number of nitrogen functional groups attached to an aromatic ring is 1. The topological polar surface area (TPSA) is 80.9 Å². The van der Waals surface area contributed by atoms with E-state index in [1.54, 1.807) is 12.3 Å². The SMILES string of the molecule is Cc1ccccc1-c1cc2cc(NC(=O)[C@H]3C[C@@H]3F)ncc2c(N)n1. The second-order valence-electron chi connectivity index (χ2n) is 6.35. The van der Waals surface area contributed by atoms with E-state index in [0.29, 0.717) is 17.0 Å². The van der Waals surface area contributed by atoms with E-state index in [0.717, 1.165) is 22.2 Å². The van der Waals surface area contributed by atoms with Crippen LogP contribution in [0, 0.1) is 12.8 Å². The van der Waals surface area contributed by atoms with Crippen LogP contribution < -0.4 is 11.1 Å². The summed E-state index contributed by atoms with van der Waals surface area (Å²) < 4.78 is 13.0. The molecular weight excluding hydrogens is 319 g/mol. The molecular formula is C19H17FN4O. The van der Waals surface area contributed by atoms with Gasteiger partial charge in [0.25, 0.3) is 0 Å². The van der Waals surface area contributed by atoms with Crippen molar-refractivity contribution in [3.63, 3.8) is 0 Å². The highest BCUT2D eigenvalue weighted by Gasteiger charge is 2.43. The summed E-state index contributed by atoms with van der Waals surface area (Å²) in [5.41, 5.74) is 8.94. The molecule has 0 bridgehead atoms. The van der Waals surface area contributed by atoms with E-state index in [1.165, 1.54) is 0 Å². The van der Waals surface area contributed by atoms with Crippen LogP contribution in [0.5, 0.6) is 0 Å². The first-order chi connectivity index (χ1) is 12.0. The lowest BCUT2D eigenvalue weighted by atomic mass is 10.0. The number of alkyl halides is 1. The molecule has 0 spiro atoms. The van der Waals surface area contributed by atoms with E-state index < -0.39 is 12.1 Å². The van der Waals surface area contributed by atoms with Crippen molar-refractivity contribution in [2.75, 3.05) is 11.1 Å². The Balaban J connectivity index is 1.73. The number of amides is 1. The number of aryl methyl sites for hydroxylation is 1. The normalized spacial score (nSPS) is 19.0. The second kappa shape index (κ2) is 5.81. The van der Waals surface area contributed by atoms with Gasteiger partial charge in [-0.1, -0.05) is 24.3 Å². The average molecular weight is 336 g/mol. The molecule has 2 aromatic heterocycles. The van der Waals surface area contributed by atoms with Crippen molar-refractivity contribution >= 4 is 28.3 Å². The minimum atomic E-state index is -1.03. The minimum Gasteiger partial charge on any atom is -0.383 e. The molecule has 6 heteroatoms. The molecule has 5 nitrogen and oxygen atoms in total. The van der Waals surface area contributed by atoms with Gasteiger partial charge in [0, 0.05) is 17.1 Å². The van der Waals surface area contributed by atoms with Crippen molar-refractivity contribution < 1.29 is 9.18 Å². The minimum absolute atomic E-state index is 0.285. The fourth-order valence-corrected chi connectivity index (χ4v) is 2.89. The lowest BCUT2D eigenvalue weighted by Gasteiger charge is -2.10. The van der Waals surface area contributed by atoms with Gasteiger partial charge < -0.3 is 11.1 Å². The number of fused-ring (bicyclic) bond motifs is 1. The number of hydrogen-bond acceptors (Lipinski definition) is 4. The largest absolute Gasteiger partial charge is 0.383 e. The molecule has 1 amide bonds. The van der Waals surface area contributed by atoms with Crippen LogP contribution in [-0.2, 0) is 4.79 Å². The van der Waals surface area contributed by atoms with E-state index in [4.69, 9.17) is 5.73 Å². The number of hydrogen-bond donors (Lipinski definition) is 2. The summed E-state index contributed by atoms with van der Waals surface area (Å²) in [6, 6.07) is 11.6. The number of rotatable bonds is 3. The zero-order chi connectivity index (χ0) is 17.6.